The monoisotopic (exact) mass is 511 g/mol. The molecular formula is C30H25NO7. The molecule has 192 valence electrons. The molecular weight excluding hydrogens is 486 g/mol. The SMILES string of the molecule is COC(=O)c1cc2ccc(OCCc3nc(-c4ccc(OCc5ccccc5)cc4)oc3C)cc2oc1=O. The topological polar surface area (TPSA) is 101 Å². The van der Waals surface area contributed by atoms with E-state index in [0.717, 1.165) is 22.6 Å². The van der Waals surface area contributed by atoms with Crippen LogP contribution in [0.5, 0.6) is 11.5 Å². The first-order valence-electron chi connectivity index (χ1n) is 12.0. The van der Waals surface area contributed by atoms with E-state index in [1.807, 2.05) is 61.5 Å². The highest BCUT2D eigenvalue weighted by Gasteiger charge is 2.15. The summed E-state index contributed by atoms with van der Waals surface area (Å²) in [6.07, 6.45) is 0.525. The van der Waals surface area contributed by atoms with Crippen molar-refractivity contribution in [3.8, 4) is 23.0 Å². The highest BCUT2D eigenvalue weighted by molar-refractivity contribution is 5.92. The second-order valence-electron chi connectivity index (χ2n) is 8.56. The summed E-state index contributed by atoms with van der Waals surface area (Å²) in [5, 5.41) is 0.589. The van der Waals surface area contributed by atoms with E-state index in [1.165, 1.54) is 13.2 Å². The third-order valence-electron chi connectivity index (χ3n) is 5.96. The zero-order chi connectivity index (χ0) is 26.5. The van der Waals surface area contributed by atoms with Gasteiger partial charge in [0.2, 0.25) is 5.89 Å². The molecule has 0 saturated carbocycles. The average molecular weight is 512 g/mol. The molecule has 8 heteroatoms. The maximum Gasteiger partial charge on any atom is 0.351 e. The van der Waals surface area contributed by atoms with Crippen LogP contribution in [0.2, 0.25) is 0 Å². The van der Waals surface area contributed by atoms with Crippen LogP contribution in [0.1, 0.15) is 27.4 Å². The number of aryl methyl sites for hydroxylation is 1. The number of carbonyl (C=O) groups excluding carboxylic acids is 1. The summed E-state index contributed by atoms with van der Waals surface area (Å²) in [5.74, 6) is 1.80. The molecule has 0 atom stereocenters. The van der Waals surface area contributed by atoms with E-state index in [2.05, 4.69) is 9.72 Å². The van der Waals surface area contributed by atoms with Gasteiger partial charge in [-0.05, 0) is 55.0 Å². The summed E-state index contributed by atoms with van der Waals surface area (Å²) in [5.41, 5.74) is 2.15. The van der Waals surface area contributed by atoms with Gasteiger partial charge in [0.05, 0.1) is 19.4 Å². The Kier molecular flexibility index (Phi) is 7.21. The summed E-state index contributed by atoms with van der Waals surface area (Å²) in [6, 6.07) is 24.1. The Balaban J connectivity index is 1.20. The Morgan fingerprint density at radius 1 is 0.895 bits per heavy atom. The number of benzene rings is 3. The molecule has 2 aromatic heterocycles. The number of oxazole rings is 1. The van der Waals surface area contributed by atoms with Gasteiger partial charge in [0.25, 0.3) is 0 Å². The lowest BCUT2D eigenvalue weighted by atomic mass is 10.2. The molecule has 0 fully saturated rings. The van der Waals surface area contributed by atoms with Crippen molar-refractivity contribution in [2.45, 2.75) is 20.0 Å². The van der Waals surface area contributed by atoms with Crippen molar-refractivity contribution in [1.29, 1.82) is 0 Å². The molecule has 0 radical (unpaired) electrons. The minimum Gasteiger partial charge on any atom is -0.493 e. The van der Waals surface area contributed by atoms with E-state index in [-0.39, 0.29) is 5.56 Å². The number of methoxy groups -OCH3 is 1. The number of aromatic nitrogens is 1. The van der Waals surface area contributed by atoms with Crippen molar-refractivity contribution >= 4 is 16.9 Å². The van der Waals surface area contributed by atoms with Crippen molar-refractivity contribution in [2.75, 3.05) is 13.7 Å². The first kappa shape index (κ1) is 24.8. The summed E-state index contributed by atoms with van der Waals surface area (Å²) in [7, 11) is 1.21. The maximum atomic E-state index is 12.1. The van der Waals surface area contributed by atoms with Crippen molar-refractivity contribution in [1.82, 2.24) is 4.98 Å². The fraction of sp³-hybridized carbons (Fsp3) is 0.167. The van der Waals surface area contributed by atoms with Crippen LogP contribution in [-0.4, -0.2) is 24.7 Å². The van der Waals surface area contributed by atoms with Crippen molar-refractivity contribution in [2.24, 2.45) is 0 Å². The molecule has 0 amide bonds. The van der Waals surface area contributed by atoms with Crippen molar-refractivity contribution in [3.05, 3.63) is 112 Å². The van der Waals surface area contributed by atoms with Gasteiger partial charge >= 0.3 is 11.6 Å². The zero-order valence-electron chi connectivity index (χ0n) is 20.9. The lowest BCUT2D eigenvalue weighted by molar-refractivity contribution is 0.0596. The number of hydrogen-bond donors (Lipinski definition) is 0. The van der Waals surface area contributed by atoms with Gasteiger partial charge in [-0.15, -0.1) is 0 Å². The smallest absolute Gasteiger partial charge is 0.351 e. The second kappa shape index (κ2) is 11.0. The molecule has 0 unspecified atom stereocenters. The first-order valence-corrected chi connectivity index (χ1v) is 12.0. The molecule has 8 nitrogen and oxygen atoms in total. The molecule has 0 aliphatic rings. The van der Waals surface area contributed by atoms with Gasteiger partial charge < -0.3 is 23.0 Å². The van der Waals surface area contributed by atoms with Crippen LogP contribution in [0.25, 0.3) is 22.4 Å². The quantitative estimate of drug-likeness (QED) is 0.182. The number of esters is 1. The van der Waals surface area contributed by atoms with Crippen LogP contribution in [0.3, 0.4) is 0 Å². The average Bonchev–Trinajstić information content (AvgIpc) is 3.32. The van der Waals surface area contributed by atoms with Crippen LogP contribution in [0.4, 0.5) is 0 Å². The Morgan fingerprint density at radius 2 is 1.66 bits per heavy atom. The number of nitrogens with zero attached hydrogens (tertiary/aromatic N) is 1. The van der Waals surface area contributed by atoms with E-state index in [1.54, 1.807) is 18.2 Å². The van der Waals surface area contributed by atoms with Gasteiger partial charge in [0.1, 0.15) is 35.0 Å². The van der Waals surface area contributed by atoms with Crippen molar-refractivity contribution in [3.63, 3.8) is 0 Å². The molecule has 2 heterocycles. The third kappa shape index (κ3) is 5.59. The number of ether oxygens (including phenoxy) is 3. The minimum absolute atomic E-state index is 0.152. The van der Waals surface area contributed by atoms with Gasteiger partial charge in [-0.25, -0.2) is 14.6 Å². The van der Waals surface area contributed by atoms with Crippen LogP contribution < -0.4 is 15.1 Å². The predicted octanol–water partition coefficient (Wildman–Crippen LogP) is 5.74. The lowest BCUT2D eigenvalue weighted by Gasteiger charge is -2.07. The molecule has 0 bridgehead atoms. The van der Waals surface area contributed by atoms with E-state index in [4.69, 9.17) is 18.3 Å². The number of rotatable bonds is 9. The Labute approximate surface area is 218 Å². The van der Waals surface area contributed by atoms with Crippen molar-refractivity contribution < 1.29 is 27.8 Å². The first-order chi connectivity index (χ1) is 18.5. The molecule has 3 aromatic carbocycles. The summed E-state index contributed by atoms with van der Waals surface area (Å²) in [4.78, 5) is 28.4. The molecule has 0 aliphatic carbocycles. The molecule has 0 spiro atoms. The Morgan fingerprint density at radius 3 is 2.42 bits per heavy atom. The van der Waals surface area contributed by atoms with Crippen LogP contribution >= 0.6 is 0 Å². The Hall–Kier alpha value is -4.85. The van der Waals surface area contributed by atoms with Gasteiger partial charge in [-0.2, -0.15) is 0 Å². The lowest BCUT2D eigenvalue weighted by Crippen LogP contribution is -2.14. The highest BCUT2D eigenvalue weighted by Crippen LogP contribution is 2.25. The maximum absolute atomic E-state index is 12.1. The molecule has 5 rings (SSSR count). The summed E-state index contributed by atoms with van der Waals surface area (Å²) < 4.78 is 27.5. The van der Waals surface area contributed by atoms with Gasteiger partial charge in [-0.3, -0.25) is 0 Å². The summed E-state index contributed by atoms with van der Waals surface area (Å²) >= 11 is 0. The van der Waals surface area contributed by atoms with E-state index in [9.17, 15) is 9.59 Å². The molecule has 5 aromatic rings. The molecule has 38 heavy (non-hydrogen) atoms. The summed E-state index contributed by atoms with van der Waals surface area (Å²) in [6.45, 7) is 2.71. The van der Waals surface area contributed by atoms with Gasteiger partial charge in [0, 0.05) is 23.4 Å². The minimum atomic E-state index is -0.761. The second-order valence-corrected chi connectivity index (χ2v) is 8.56. The standard InChI is InChI=1S/C30H25NO7/c1-19-26(14-15-35-24-13-10-22-16-25(29(32)34-2)30(33)38-27(22)17-24)31-28(37-19)21-8-11-23(12-9-21)36-18-20-6-4-3-5-7-20/h3-13,16-17H,14-15,18H2,1-2H3. The largest absolute Gasteiger partial charge is 0.493 e. The number of carbonyl (C=O) groups is 1. The van der Waals surface area contributed by atoms with Crippen LogP contribution in [-0.2, 0) is 17.8 Å². The van der Waals surface area contributed by atoms with Crippen LogP contribution in [0, 0.1) is 6.92 Å². The zero-order valence-corrected chi connectivity index (χ0v) is 20.9. The van der Waals surface area contributed by atoms with Gasteiger partial charge in [0.15, 0.2) is 0 Å². The van der Waals surface area contributed by atoms with E-state index < -0.39 is 11.6 Å². The van der Waals surface area contributed by atoms with Crippen LogP contribution in [0.15, 0.2) is 92.5 Å². The molecule has 0 aliphatic heterocycles. The normalized spacial score (nSPS) is 10.9. The fourth-order valence-corrected chi connectivity index (χ4v) is 3.92. The van der Waals surface area contributed by atoms with E-state index in [0.29, 0.717) is 48.0 Å². The predicted molar refractivity (Wildman–Crippen MR) is 140 cm³/mol. The Bertz CT molecular complexity index is 1620. The molecule has 0 N–H and O–H groups in total. The number of hydrogen-bond acceptors (Lipinski definition) is 8. The third-order valence-corrected chi connectivity index (χ3v) is 5.96. The fourth-order valence-electron chi connectivity index (χ4n) is 3.92. The number of fused-ring (bicyclic) bond motifs is 1. The highest BCUT2D eigenvalue weighted by atomic mass is 16.5. The van der Waals surface area contributed by atoms with Gasteiger partial charge in [-0.1, -0.05) is 30.3 Å². The van der Waals surface area contributed by atoms with E-state index >= 15 is 0 Å². The molecule has 0 saturated heterocycles.